The number of hydrogen-bond donors (Lipinski definition) is 1. The van der Waals surface area contributed by atoms with E-state index in [1.165, 1.54) is 10.4 Å². The zero-order valence-electron chi connectivity index (χ0n) is 9.78. The van der Waals surface area contributed by atoms with Gasteiger partial charge < -0.3 is 5.32 Å². The molecule has 2 nitrogen and oxygen atoms in total. The molecule has 0 aliphatic carbocycles. The van der Waals surface area contributed by atoms with Crippen molar-refractivity contribution in [3.8, 4) is 0 Å². The molecule has 0 amide bonds. The van der Waals surface area contributed by atoms with Crippen molar-refractivity contribution in [3.05, 3.63) is 38.0 Å². The molecule has 0 aromatic carbocycles. The molecule has 1 atom stereocenters. The highest BCUT2D eigenvalue weighted by Gasteiger charge is 2.16. The van der Waals surface area contributed by atoms with Gasteiger partial charge in [-0.1, -0.05) is 0 Å². The number of thiophene rings is 1. The van der Waals surface area contributed by atoms with E-state index in [4.69, 9.17) is 0 Å². The van der Waals surface area contributed by atoms with E-state index in [0.717, 1.165) is 17.1 Å². The largest absolute Gasteiger partial charge is 0.312 e. The molecule has 2 aromatic heterocycles. The van der Waals surface area contributed by atoms with Gasteiger partial charge in [-0.2, -0.15) is 11.3 Å². The Hall–Kier alpha value is -0.710. The zero-order chi connectivity index (χ0) is 11.5. The average Bonchev–Trinajstić information content (AvgIpc) is 2.85. The molecule has 2 aromatic rings. The van der Waals surface area contributed by atoms with Crippen LogP contribution in [0.25, 0.3) is 0 Å². The smallest absolute Gasteiger partial charge is 0.0900 e. The van der Waals surface area contributed by atoms with E-state index in [2.05, 4.69) is 41.0 Å². The van der Waals surface area contributed by atoms with Gasteiger partial charge in [0.25, 0.3) is 0 Å². The SMILES string of the molecule is CNC(Cc1ccsc1)c1sc(C)nc1C. The number of aromatic nitrogens is 1. The molecule has 2 heterocycles. The Balaban J connectivity index is 2.19. The molecule has 86 valence electrons. The number of nitrogens with one attached hydrogen (secondary N) is 1. The van der Waals surface area contributed by atoms with Gasteiger partial charge in [0.05, 0.1) is 10.7 Å². The van der Waals surface area contributed by atoms with Crippen molar-refractivity contribution in [2.24, 2.45) is 0 Å². The summed E-state index contributed by atoms with van der Waals surface area (Å²) >= 11 is 3.56. The summed E-state index contributed by atoms with van der Waals surface area (Å²) in [5.41, 5.74) is 2.56. The van der Waals surface area contributed by atoms with E-state index in [9.17, 15) is 0 Å². The second-order valence-corrected chi connectivity index (χ2v) is 5.87. The molecule has 0 saturated heterocycles. The molecular weight excluding hydrogens is 236 g/mol. The fraction of sp³-hybridized carbons (Fsp3) is 0.417. The van der Waals surface area contributed by atoms with E-state index < -0.39 is 0 Å². The highest BCUT2D eigenvalue weighted by Crippen LogP contribution is 2.27. The van der Waals surface area contributed by atoms with Crippen LogP contribution in [-0.4, -0.2) is 12.0 Å². The van der Waals surface area contributed by atoms with Crippen LogP contribution >= 0.6 is 22.7 Å². The van der Waals surface area contributed by atoms with Crippen LogP contribution in [0.2, 0.25) is 0 Å². The van der Waals surface area contributed by atoms with Crippen LogP contribution < -0.4 is 5.32 Å². The second-order valence-electron chi connectivity index (χ2n) is 3.86. The lowest BCUT2D eigenvalue weighted by molar-refractivity contribution is 0.598. The molecule has 0 aliphatic heterocycles. The molecular formula is C12H16N2S2. The Morgan fingerprint density at radius 2 is 2.25 bits per heavy atom. The van der Waals surface area contributed by atoms with Crippen LogP contribution in [-0.2, 0) is 6.42 Å². The van der Waals surface area contributed by atoms with Crippen molar-refractivity contribution >= 4 is 22.7 Å². The summed E-state index contributed by atoms with van der Waals surface area (Å²) in [5, 5.41) is 8.88. The normalized spacial score (nSPS) is 12.9. The van der Waals surface area contributed by atoms with Gasteiger partial charge in [-0.25, -0.2) is 4.98 Å². The van der Waals surface area contributed by atoms with Crippen LogP contribution in [0.1, 0.15) is 27.2 Å². The molecule has 4 heteroatoms. The molecule has 16 heavy (non-hydrogen) atoms. The third-order valence-electron chi connectivity index (χ3n) is 2.62. The molecule has 0 spiro atoms. The van der Waals surface area contributed by atoms with Crippen molar-refractivity contribution in [3.63, 3.8) is 0 Å². The van der Waals surface area contributed by atoms with Gasteiger partial charge >= 0.3 is 0 Å². The number of hydrogen-bond acceptors (Lipinski definition) is 4. The first-order chi connectivity index (χ1) is 7.70. The summed E-state index contributed by atoms with van der Waals surface area (Å²) in [6.45, 7) is 4.16. The van der Waals surface area contributed by atoms with Gasteiger partial charge in [0.15, 0.2) is 0 Å². The zero-order valence-corrected chi connectivity index (χ0v) is 11.4. The van der Waals surface area contributed by atoms with Crippen LogP contribution in [0.3, 0.4) is 0 Å². The summed E-state index contributed by atoms with van der Waals surface area (Å²) in [4.78, 5) is 5.86. The third kappa shape index (κ3) is 2.51. The predicted molar refractivity (Wildman–Crippen MR) is 71.4 cm³/mol. The lowest BCUT2D eigenvalue weighted by Crippen LogP contribution is -2.18. The molecule has 0 aliphatic rings. The summed E-state index contributed by atoms with van der Waals surface area (Å²) in [7, 11) is 2.02. The quantitative estimate of drug-likeness (QED) is 0.903. The van der Waals surface area contributed by atoms with Gasteiger partial charge in [0.1, 0.15) is 0 Å². The maximum atomic E-state index is 4.49. The first-order valence-electron chi connectivity index (χ1n) is 5.33. The van der Waals surface area contributed by atoms with Crippen molar-refractivity contribution in [1.82, 2.24) is 10.3 Å². The summed E-state index contributed by atoms with van der Waals surface area (Å²) in [6, 6.07) is 2.58. The molecule has 1 unspecified atom stereocenters. The van der Waals surface area contributed by atoms with Crippen LogP contribution in [0.4, 0.5) is 0 Å². The molecule has 1 N–H and O–H groups in total. The maximum Gasteiger partial charge on any atom is 0.0900 e. The molecule has 0 radical (unpaired) electrons. The monoisotopic (exact) mass is 252 g/mol. The Labute approximate surface area is 104 Å². The minimum atomic E-state index is 0.390. The fourth-order valence-corrected chi connectivity index (χ4v) is 3.56. The number of likely N-dealkylation sites (N-methyl/N-ethyl adjacent to an activating group) is 1. The number of rotatable bonds is 4. The maximum absolute atomic E-state index is 4.49. The van der Waals surface area contributed by atoms with Gasteiger partial charge in [-0.05, 0) is 49.7 Å². The van der Waals surface area contributed by atoms with E-state index >= 15 is 0 Å². The first-order valence-corrected chi connectivity index (χ1v) is 7.09. The Morgan fingerprint density at radius 1 is 1.44 bits per heavy atom. The molecule has 0 saturated carbocycles. The molecule has 0 fully saturated rings. The summed E-state index contributed by atoms with van der Waals surface area (Å²) in [5.74, 6) is 0. The Bertz CT molecular complexity index is 446. The number of thiazole rings is 1. The van der Waals surface area contributed by atoms with Gasteiger partial charge in [0, 0.05) is 10.9 Å². The lowest BCUT2D eigenvalue weighted by atomic mass is 10.1. The van der Waals surface area contributed by atoms with E-state index in [-0.39, 0.29) is 0 Å². The van der Waals surface area contributed by atoms with E-state index in [1.54, 1.807) is 22.7 Å². The van der Waals surface area contributed by atoms with Gasteiger partial charge in [0.2, 0.25) is 0 Å². The number of aryl methyl sites for hydroxylation is 2. The number of nitrogens with zero attached hydrogens (tertiary/aromatic N) is 1. The van der Waals surface area contributed by atoms with Crippen LogP contribution in [0.5, 0.6) is 0 Å². The first kappa shape index (κ1) is 11.8. The molecule has 0 bridgehead atoms. The van der Waals surface area contributed by atoms with Crippen molar-refractivity contribution in [2.75, 3.05) is 7.05 Å². The molecule has 2 rings (SSSR count). The van der Waals surface area contributed by atoms with Crippen molar-refractivity contribution in [1.29, 1.82) is 0 Å². The summed E-state index contributed by atoms with van der Waals surface area (Å²) in [6.07, 6.45) is 1.04. The third-order valence-corrected chi connectivity index (χ3v) is 4.54. The van der Waals surface area contributed by atoms with Crippen LogP contribution in [0.15, 0.2) is 16.8 Å². The highest BCUT2D eigenvalue weighted by molar-refractivity contribution is 7.11. The Kier molecular flexibility index (Phi) is 3.74. The van der Waals surface area contributed by atoms with Crippen LogP contribution in [0, 0.1) is 13.8 Å². The Morgan fingerprint density at radius 3 is 2.75 bits per heavy atom. The van der Waals surface area contributed by atoms with Gasteiger partial charge in [-0.15, -0.1) is 11.3 Å². The van der Waals surface area contributed by atoms with E-state index in [0.29, 0.717) is 6.04 Å². The van der Waals surface area contributed by atoms with Crippen molar-refractivity contribution in [2.45, 2.75) is 26.3 Å². The minimum Gasteiger partial charge on any atom is -0.312 e. The predicted octanol–water partition coefficient (Wildman–Crippen LogP) is 3.32. The standard InChI is InChI=1S/C12H16N2S2/c1-8-12(16-9(2)14-8)11(13-3)6-10-4-5-15-7-10/h4-5,7,11,13H,6H2,1-3H3. The summed E-state index contributed by atoms with van der Waals surface area (Å²) < 4.78 is 0. The topological polar surface area (TPSA) is 24.9 Å². The minimum absolute atomic E-state index is 0.390. The van der Waals surface area contributed by atoms with E-state index in [1.807, 2.05) is 7.05 Å². The average molecular weight is 252 g/mol. The second kappa shape index (κ2) is 5.08. The van der Waals surface area contributed by atoms with Gasteiger partial charge in [-0.3, -0.25) is 0 Å². The van der Waals surface area contributed by atoms with Crippen molar-refractivity contribution < 1.29 is 0 Å². The lowest BCUT2D eigenvalue weighted by Gasteiger charge is -2.14. The fourth-order valence-electron chi connectivity index (χ4n) is 1.84. The highest BCUT2D eigenvalue weighted by atomic mass is 32.1.